The minimum Gasteiger partial charge on any atom is -0.337 e. The Morgan fingerprint density at radius 2 is 2.26 bits per heavy atom. The molecule has 1 aromatic heterocycles. The molecule has 2 N–H and O–H groups in total. The van der Waals surface area contributed by atoms with E-state index in [0.29, 0.717) is 11.6 Å². The van der Waals surface area contributed by atoms with E-state index >= 15 is 0 Å². The highest BCUT2D eigenvalue weighted by atomic mass is 16.2. The molecular formula is C13H20N4O2. The molecule has 1 amide bonds. The zero-order chi connectivity index (χ0) is 13.7. The van der Waals surface area contributed by atoms with E-state index in [2.05, 4.69) is 15.3 Å². The fraction of sp³-hybridized carbons (Fsp3) is 0.615. The van der Waals surface area contributed by atoms with Gasteiger partial charge >= 0.3 is 0 Å². The van der Waals surface area contributed by atoms with Gasteiger partial charge in [0.05, 0.1) is 6.20 Å². The summed E-state index contributed by atoms with van der Waals surface area (Å²) in [6.45, 7) is 2.57. The Morgan fingerprint density at radius 1 is 1.53 bits per heavy atom. The standard InChI is InChI=1S/C13H20N4O2/c1-14-5-2-10-3-6-17(7-4-10)13(19)11-8-16-12(18)9-15-11/h8-10,14H,2-7H2,1H3,(H,16,18). The maximum atomic E-state index is 12.2. The lowest BCUT2D eigenvalue weighted by atomic mass is 9.93. The maximum Gasteiger partial charge on any atom is 0.273 e. The number of hydrogen-bond donors (Lipinski definition) is 2. The minimum atomic E-state index is -0.290. The van der Waals surface area contributed by atoms with Gasteiger partial charge in [-0.25, -0.2) is 4.98 Å². The van der Waals surface area contributed by atoms with E-state index in [1.165, 1.54) is 6.20 Å². The number of piperidine rings is 1. The van der Waals surface area contributed by atoms with Crippen molar-refractivity contribution in [3.05, 3.63) is 28.4 Å². The van der Waals surface area contributed by atoms with Crippen molar-refractivity contribution < 1.29 is 4.79 Å². The van der Waals surface area contributed by atoms with Crippen molar-refractivity contribution in [1.29, 1.82) is 0 Å². The summed E-state index contributed by atoms with van der Waals surface area (Å²) in [5.74, 6) is 0.600. The molecular weight excluding hydrogens is 244 g/mol. The first-order valence-electron chi connectivity index (χ1n) is 6.69. The van der Waals surface area contributed by atoms with Crippen molar-refractivity contribution in [3.63, 3.8) is 0 Å². The molecule has 1 aromatic rings. The molecule has 2 heterocycles. The number of nitrogens with one attached hydrogen (secondary N) is 2. The number of likely N-dealkylation sites (tertiary alicyclic amines) is 1. The second-order valence-electron chi connectivity index (χ2n) is 4.92. The van der Waals surface area contributed by atoms with Crippen molar-refractivity contribution in [2.45, 2.75) is 19.3 Å². The highest BCUT2D eigenvalue weighted by molar-refractivity contribution is 5.91. The molecule has 0 bridgehead atoms. The van der Waals surface area contributed by atoms with E-state index in [4.69, 9.17) is 0 Å². The molecule has 0 saturated carbocycles. The van der Waals surface area contributed by atoms with Crippen molar-refractivity contribution in [3.8, 4) is 0 Å². The van der Waals surface area contributed by atoms with Crippen LogP contribution in [0.4, 0.5) is 0 Å². The van der Waals surface area contributed by atoms with Crippen molar-refractivity contribution in [1.82, 2.24) is 20.2 Å². The topological polar surface area (TPSA) is 78.1 Å². The lowest BCUT2D eigenvalue weighted by Gasteiger charge is -2.31. The number of amides is 1. The highest BCUT2D eigenvalue weighted by Crippen LogP contribution is 2.20. The fourth-order valence-electron chi connectivity index (χ4n) is 2.39. The summed E-state index contributed by atoms with van der Waals surface area (Å²) < 4.78 is 0. The lowest BCUT2D eigenvalue weighted by molar-refractivity contribution is 0.0680. The molecule has 1 fully saturated rings. The van der Waals surface area contributed by atoms with Crippen LogP contribution in [-0.4, -0.2) is 47.5 Å². The van der Waals surface area contributed by atoms with Gasteiger partial charge in [0.2, 0.25) is 0 Å². The number of aromatic nitrogens is 2. The maximum absolute atomic E-state index is 12.2. The van der Waals surface area contributed by atoms with Gasteiger partial charge in [-0.2, -0.15) is 0 Å². The van der Waals surface area contributed by atoms with Crippen LogP contribution in [0.5, 0.6) is 0 Å². The average molecular weight is 264 g/mol. The predicted molar refractivity (Wildman–Crippen MR) is 72.0 cm³/mol. The van der Waals surface area contributed by atoms with Gasteiger partial charge in [0, 0.05) is 19.3 Å². The summed E-state index contributed by atoms with van der Waals surface area (Å²) in [6, 6.07) is 0. The molecule has 0 aliphatic carbocycles. The van der Waals surface area contributed by atoms with Crippen molar-refractivity contribution in [2.24, 2.45) is 5.92 Å². The Morgan fingerprint density at radius 3 is 2.84 bits per heavy atom. The smallest absolute Gasteiger partial charge is 0.273 e. The van der Waals surface area contributed by atoms with E-state index < -0.39 is 0 Å². The molecule has 104 valence electrons. The molecule has 0 atom stereocenters. The van der Waals surface area contributed by atoms with Crippen LogP contribution in [-0.2, 0) is 0 Å². The SMILES string of the molecule is CNCCC1CCN(C(=O)c2c[nH]c(=O)cn2)CC1. The van der Waals surface area contributed by atoms with Gasteiger partial charge in [0.25, 0.3) is 11.5 Å². The van der Waals surface area contributed by atoms with Crippen LogP contribution < -0.4 is 10.9 Å². The van der Waals surface area contributed by atoms with Gasteiger partial charge in [0.15, 0.2) is 0 Å². The largest absolute Gasteiger partial charge is 0.337 e. The summed E-state index contributed by atoms with van der Waals surface area (Å²) >= 11 is 0. The third kappa shape index (κ3) is 3.64. The van der Waals surface area contributed by atoms with Gasteiger partial charge in [-0.1, -0.05) is 0 Å². The monoisotopic (exact) mass is 264 g/mol. The fourth-order valence-corrected chi connectivity index (χ4v) is 2.39. The molecule has 0 radical (unpaired) electrons. The second kappa shape index (κ2) is 6.47. The normalized spacial score (nSPS) is 16.6. The Bertz CT molecular complexity index is 457. The van der Waals surface area contributed by atoms with Gasteiger partial charge in [-0.05, 0) is 38.8 Å². The summed E-state index contributed by atoms with van der Waals surface area (Å²) in [5.41, 5.74) is 0.0237. The zero-order valence-corrected chi connectivity index (χ0v) is 11.2. The summed E-state index contributed by atoms with van der Waals surface area (Å²) in [6.07, 6.45) is 5.77. The van der Waals surface area contributed by atoms with Gasteiger partial charge in [-0.3, -0.25) is 9.59 Å². The predicted octanol–water partition coefficient (Wildman–Crippen LogP) is 0.232. The van der Waals surface area contributed by atoms with Crippen LogP contribution >= 0.6 is 0 Å². The molecule has 0 unspecified atom stereocenters. The Hall–Kier alpha value is -1.69. The van der Waals surface area contributed by atoms with Crippen LogP contribution in [0.15, 0.2) is 17.2 Å². The first-order chi connectivity index (χ1) is 9.20. The minimum absolute atomic E-state index is 0.0942. The summed E-state index contributed by atoms with van der Waals surface area (Å²) in [5, 5.41) is 3.16. The first kappa shape index (κ1) is 13.7. The number of aromatic amines is 1. The van der Waals surface area contributed by atoms with Crippen LogP contribution in [0.2, 0.25) is 0 Å². The molecule has 2 rings (SSSR count). The van der Waals surface area contributed by atoms with E-state index in [1.807, 2.05) is 11.9 Å². The highest BCUT2D eigenvalue weighted by Gasteiger charge is 2.23. The van der Waals surface area contributed by atoms with Crippen molar-refractivity contribution >= 4 is 5.91 Å². The number of hydrogen-bond acceptors (Lipinski definition) is 4. The number of carbonyl (C=O) groups excluding carboxylic acids is 1. The number of H-pyrrole nitrogens is 1. The molecule has 6 nitrogen and oxygen atoms in total. The Balaban J connectivity index is 1.88. The molecule has 6 heteroatoms. The van der Waals surface area contributed by atoms with E-state index in [-0.39, 0.29) is 11.5 Å². The number of nitrogens with zero attached hydrogens (tertiary/aromatic N) is 2. The van der Waals surface area contributed by atoms with Crippen molar-refractivity contribution in [2.75, 3.05) is 26.7 Å². The number of carbonyl (C=O) groups is 1. The molecule has 1 aliphatic rings. The molecule has 0 spiro atoms. The molecule has 1 saturated heterocycles. The van der Waals surface area contributed by atoms with Crippen LogP contribution in [0.25, 0.3) is 0 Å². The van der Waals surface area contributed by atoms with Gasteiger partial charge in [-0.15, -0.1) is 0 Å². The third-order valence-electron chi connectivity index (χ3n) is 3.60. The summed E-state index contributed by atoms with van der Waals surface area (Å²) in [7, 11) is 1.96. The van der Waals surface area contributed by atoms with Gasteiger partial charge < -0.3 is 15.2 Å². The molecule has 1 aliphatic heterocycles. The molecule has 19 heavy (non-hydrogen) atoms. The molecule has 0 aromatic carbocycles. The van der Waals surface area contributed by atoms with E-state index in [1.54, 1.807) is 0 Å². The second-order valence-corrected chi connectivity index (χ2v) is 4.92. The van der Waals surface area contributed by atoms with Crippen LogP contribution in [0.3, 0.4) is 0 Å². The van der Waals surface area contributed by atoms with E-state index in [0.717, 1.165) is 45.1 Å². The Kier molecular flexibility index (Phi) is 4.68. The average Bonchev–Trinajstić information content (AvgIpc) is 2.46. The Labute approximate surface area is 112 Å². The van der Waals surface area contributed by atoms with Crippen LogP contribution in [0, 0.1) is 5.92 Å². The lowest BCUT2D eigenvalue weighted by Crippen LogP contribution is -2.39. The first-order valence-corrected chi connectivity index (χ1v) is 6.69. The van der Waals surface area contributed by atoms with Gasteiger partial charge in [0.1, 0.15) is 5.69 Å². The zero-order valence-electron chi connectivity index (χ0n) is 11.2. The van der Waals surface area contributed by atoms with Crippen LogP contribution in [0.1, 0.15) is 29.8 Å². The third-order valence-corrected chi connectivity index (χ3v) is 3.60. The van der Waals surface area contributed by atoms with E-state index in [9.17, 15) is 9.59 Å². The quantitative estimate of drug-likeness (QED) is 0.816. The number of rotatable bonds is 4. The summed E-state index contributed by atoms with van der Waals surface area (Å²) in [4.78, 5) is 31.3.